The molecule has 0 saturated carbocycles. The van der Waals surface area contributed by atoms with Crippen LogP contribution in [0.4, 0.5) is 0 Å². The Hall–Kier alpha value is -0.650. The molecule has 0 aromatic rings. The van der Waals surface area contributed by atoms with Gasteiger partial charge < -0.3 is 20.5 Å². The second kappa shape index (κ2) is 8.93. The summed E-state index contributed by atoms with van der Waals surface area (Å²) in [5.41, 5.74) is 5.59. The predicted molar refractivity (Wildman–Crippen MR) is 54.0 cm³/mol. The van der Waals surface area contributed by atoms with Gasteiger partial charge in [-0.25, -0.2) is 0 Å². The van der Waals surface area contributed by atoms with Crippen molar-refractivity contribution in [1.82, 2.24) is 5.32 Å². The first-order chi connectivity index (χ1) is 6.72. The van der Waals surface area contributed by atoms with Crippen LogP contribution in [0.3, 0.4) is 0 Å². The van der Waals surface area contributed by atoms with Crippen molar-refractivity contribution in [3.63, 3.8) is 0 Å². The first-order valence-corrected chi connectivity index (χ1v) is 4.73. The molecule has 0 aliphatic carbocycles. The van der Waals surface area contributed by atoms with Crippen molar-refractivity contribution >= 4 is 5.91 Å². The van der Waals surface area contributed by atoms with Crippen LogP contribution in [-0.4, -0.2) is 45.9 Å². The van der Waals surface area contributed by atoms with Crippen molar-refractivity contribution in [2.24, 2.45) is 5.73 Å². The summed E-state index contributed by atoms with van der Waals surface area (Å²) < 4.78 is 9.67. The van der Waals surface area contributed by atoms with Gasteiger partial charge in [-0.05, 0) is 12.8 Å². The first kappa shape index (κ1) is 13.4. The van der Waals surface area contributed by atoms with E-state index in [1.165, 1.54) is 0 Å². The highest BCUT2D eigenvalue weighted by atomic mass is 16.5. The fraction of sp³-hybridized carbons (Fsp3) is 0.889. The van der Waals surface area contributed by atoms with Crippen molar-refractivity contribution in [3.8, 4) is 0 Å². The second-order valence-corrected chi connectivity index (χ2v) is 3.03. The van der Waals surface area contributed by atoms with Crippen molar-refractivity contribution < 1.29 is 14.3 Å². The molecule has 0 radical (unpaired) electrons. The molecule has 5 heteroatoms. The van der Waals surface area contributed by atoms with Gasteiger partial charge >= 0.3 is 0 Å². The van der Waals surface area contributed by atoms with E-state index in [2.05, 4.69) is 5.32 Å². The number of rotatable bonds is 8. The van der Waals surface area contributed by atoms with Gasteiger partial charge in [0.25, 0.3) is 0 Å². The average molecular weight is 204 g/mol. The van der Waals surface area contributed by atoms with E-state index in [4.69, 9.17) is 15.2 Å². The van der Waals surface area contributed by atoms with Crippen molar-refractivity contribution in [3.05, 3.63) is 0 Å². The molecule has 0 saturated heterocycles. The van der Waals surface area contributed by atoms with Crippen LogP contribution in [0.1, 0.15) is 12.8 Å². The summed E-state index contributed by atoms with van der Waals surface area (Å²) in [6.07, 6.45) is 1.35. The van der Waals surface area contributed by atoms with Crippen LogP contribution in [0, 0.1) is 0 Å². The molecule has 0 aromatic heterocycles. The van der Waals surface area contributed by atoms with Gasteiger partial charge in [0.2, 0.25) is 5.91 Å². The number of hydrogen-bond acceptors (Lipinski definition) is 4. The van der Waals surface area contributed by atoms with E-state index in [1.807, 2.05) is 0 Å². The third-order valence-corrected chi connectivity index (χ3v) is 1.79. The largest absolute Gasteiger partial charge is 0.385 e. The molecule has 0 spiro atoms. The molecule has 1 amide bonds. The molecule has 0 aliphatic heterocycles. The van der Waals surface area contributed by atoms with Gasteiger partial charge in [0.1, 0.15) is 0 Å². The second-order valence-electron chi connectivity index (χ2n) is 3.03. The van der Waals surface area contributed by atoms with E-state index >= 15 is 0 Å². The Morgan fingerprint density at radius 3 is 2.57 bits per heavy atom. The van der Waals surface area contributed by atoms with E-state index in [0.717, 1.165) is 6.42 Å². The molecule has 0 heterocycles. The van der Waals surface area contributed by atoms with Gasteiger partial charge in [0, 0.05) is 34.0 Å². The standard InChI is InChI=1S/C9H20N2O3/c1-13-6-3-5-11-9(12)8(10)4-7-14-2/h8H,3-7,10H2,1-2H3,(H,11,12). The number of nitrogens with two attached hydrogens (primary N) is 1. The van der Waals surface area contributed by atoms with Gasteiger partial charge in [-0.1, -0.05) is 0 Å². The third-order valence-electron chi connectivity index (χ3n) is 1.79. The molecule has 14 heavy (non-hydrogen) atoms. The lowest BCUT2D eigenvalue weighted by atomic mass is 10.2. The van der Waals surface area contributed by atoms with Crippen LogP contribution in [-0.2, 0) is 14.3 Å². The number of carbonyl (C=O) groups is 1. The average Bonchev–Trinajstić information content (AvgIpc) is 2.20. The van der Waals surface area contributed by atoms with Gasteiger partial charge in [-0.3, -0.25) is 4.79 Å². The highest BCUT2D eigenvalue weighted by molar-refractivity contribution is 5.81. The molecular weight excluding hydrogens is 184 g/mol. The maximum atomic E-state index is 11.3. The number of hydrogen-bond donors (Lipinski definition) is 2. The maximum Gasteiger partial charge on any atom is 0.237 e. The number of ether oxygens (including phenoxy) is 2. The van der Waals surface area contributed by atoms with Crippen LogP contribution in [0.25, 0.3) is 0 Å². The van der Waals surface area contributed by atoms with Crippen LogP contribution in [0.2, 0.25) is 0 Å². The zero-order chi connectivity index (χ0) is 10.8. The van der Waals surface area contributed by atoms with Crippen LogP contribution >= 0.6 is 0 Å². The Morgan fingerprint density at radius 1 is 1.36 bits per heavy atom. The number of carbonyl (C=O) groups excluding carboxylic acids is 1. The van der Waals surface area contributed by atoms with Crippen molar-refractivity contribution in [2.45, 2.75) is 18.9 Å². The van der Waals surface area contributed by atoms with Gasteiger partial charge in [-0.2, -0.15) is 0 Å². The lowest BCUT2D eigenvalue weighted by Crippen LogP contribution is -2.41. The zero-order valence-electron chi connectivity index (χ0n) is 8.91. The minimum Gasteiger partial charge on any atom is -0.385 e. The minimum absolute atomic E-state index is 0.127. The Labute approximate surface area is 84.9 Å². The predicted octanol–water partition coefficient (Wildman–Crippen LogP) is -0.497. The summed E-state index contributed by atoms with van der Waals surface area (Å²) in [4.78, 5) is 11.3. The molecule has 0 aliphatic rings. The highest BCUT2D eigenvalue weighted by Crippen LogP contribution is 1.89. The Balaban J connectivity index is 3.42. The Bertz CT molecular complexity index is 153. The number of nitrogens with one attached hydrogen (secondary N) is 1. The van der Waals surface area contributed by atoms with E-state index in [9.17, 15) is 4.79 Å². The molecule has 5 nitrogen and oxygen atoms in total. The lowest BCUT2D eigenvalue weighted by Gasteiger charge is -2.11. The number of methoxy groups -OCH3 is 2. The summed E-state index contributed by atoms with van der Waals surface area (Å²) in [6, 6.07) is -0.475. The molecule has 1 atom stereocenters. The monoisotopic (exact) mass is 204 g/mol. The summed E-state index contributed by atoms with van der Waals surface area (Å²) in [6.45, 7) is 1.76. The van der Waals surface area contributed by atoms with Crippen LogP contribution < -0.4 is 11.1 Å². The third kappa shape index (κ3) is 6.82. The molecule has 0 bridgehead atoms. The Kier molecular flexibility index (Phi) is 8.51. The van der Waals surface area contributed by atoms with Crippen LogP contribution in [0.15, 0.2) is 0 Å². The van der Waals surface area contributed by atoms with Crippen molar-refractivity contribution in [1.29, 1.82) is 0 Å². The zero-order valence-corrected chi connectivity index (χ0v) is 8.91. The summed E-state index contributed by atoms with van der Waals surface area (Å²) in [7, 11) is 3.22. The SMILES string of the molecule is COCCCNC(=O)C(N)CCOC. The summed E-state index contributed by atoms with van der Waals surface area (Å²) >= 11 is 0. The quantitative estimate of drug-likeness (QED) is 0.523. The molecule has 0 rings (SSSR count). The molecular formula is C9H20N2O3. The highest BCUT2D eigenvalue weighted by Gasteiger charge is 2.11. The lowest BCUT2D eigenvalue weighted by molar-refractivity contribution is -0.122. The molecule has 0 aromatic carbocycles. The molecule has 84 valence electrons. The van der Waals surface area contributed by atoms with E-state index in [0.29, 0.717) is 26.2 Å². The van der Waals surface area contributed by atoms with E-state index in [-0.39, 0.29) is 5.91 Å². The van der Waals surface area contributed by atoms with E-state index < -0.39 is 6.04 Å². The van der Waals surface area contributed by atoms with Gasteiger partial charge in [-0.15, -0.1) is 0 Å². The molecule has 3 N–H and O–H groups in total. The van der Waals surface area contributed by atoms with Gasteiger partial charge in [0.15, 0.2) is 0 Å². The Morgan fingerprint density at radius 2 is 2.00 bits per heavy atom. The minimum atomic E-state index is -0.475. The first-order valence-electron chi connectivity index (χ1n) is 4.73. The van der Waals surface area contributed by atoms with Crippen molar-refractivity contribution in [2.75, 3.05) is 34.0 Å². The normalized spacial score (nSPS) is 12.5. The van der Waals surface area contributed by atoms with E-state index in [1.54, 1.807) is 14.2 Å². The maximum absolute atomic E-state index is 11.3. The smallest absolute Gasteiger partial charge is 0.237 e. The number of amides is 1. The molecule has 1 unspecified atom stereocenters. The van der Waals surface area contributed by atoms with Gasteiger partial charge in [0.05, 0.1) is 6.04 Å². The fourth-order valence-corrected chi connectivity index (χ4v) is 0.935. The topological polar surface area (TPSA) is 73.6 Å². The summed E-state index contributed by atoms with van der Waals surface area (Å²) in [5.74, 6) is -0.127. The fourth-order valence-electron chi connectivity index (χ4n) is 0.935. The molecule has 0 fully saturated rings. The van der Waals surface area contributed by atoms with Crippen LogP contribution in [0.5, 0.6) is 0 Å². The summed E-state index contributed by atoms with van der Waals surface area (Å²) in [5, 5.41) is 2.73.